The molecule has 0 aromatic heterocycles. The zero-order valence-corrected chi connectivity index (χ0v) is 12.9. The standard InChI is InChI=1S/C17H24N2O2/c1-18-15-4-5-16(18)11-19(8-7-15)10-14-9-13(12-20)3-6-17(14)21-2/h3,6,9,12,15-16H,4-5,7-8,10-11H2,1-2H3. The maximum atomic E-state index is 11.0. The van der Waals surface area contributed by atoms with Gasteiger partial charge in [-0.05, 0) is 44.5 Å². The quantitative estimate of drug-likeness (QED) is 0.795. The number of benzene rings is 1. The largest absolute Gasteiger partial charge is 0.496 e. The summed E-state index contributed by atoms with van der Waals surface area (Å²) in [6.45, 7) is 3.10. The number of hydrogen-bond donors (Lipinski definition) is 0. The molecule has 2 aliphatic rings. The molecule has 1 aromatic rings. The molecule has 3 rings (SSSR count). The lowest BCUT2D eigenvalue weighted by Crippen LogP contribution is -2.36. The SMILES string of the molecule is COc1ccc(C=O)cc1CN1CCC2CCC(C1)N2C. The van der Waals surface area contributed by atoms with Crippen molar-refractivity contribution in [1.82, 2.24) is 9.80 Å². The molecule has 0 aliphatic carbocycles. The van der Waals surface area contributed by atoms with Crippen LogP contribution in [0.3, 0.4) is 0 Å². The first-order valence-corrected chi connectivity index (χ1v) is 7.77. The van der Waals surface area contributed by atoms with Crippen LogP contribution < -0.4 is 4.74 Å². The Balaban J connectivity index is 1.75. The second kappa shape index (κ2) is 6.16. The molecule has 2 heterocycles. The number of methoxy groups -OCH3 is 1. The van der Waals surface area contributed by atoms with Gasteiger partial charge in [0.05, 0.1) is 7.11 Å². The van der Waals surface area contributed by atoms with Gasteiger partial charge in [-0.3, -0.25) is 14.6 Å². The van der Waals surface area contributed by atoms with Crippen molar-refractivity contribution in [2.24, 2.45) is 0 Å². The Bertz CT molecular complexity index is 518. The molecule has 2 atom stereocenters. The summed E-state index contributed by atoms with van der Waals surface area (Å²) < 4.78 is 5.45. The van der Waals surface area contributed by atoms with E-state index in [1.807, 2.05) is 18.2 Å². The normalized spacial score (nSPS) is 26.6. The van der Waals surface area contributed by atoms with Gasteiger partial charge in [0, 0.05) is 42.8 Å². The van der Waals surface area contributed by atoms with Crippen molar-refractivity contribution in [2.75, 3.05) is 27.2 Å². The maximum Gasteiger partial charge on any atom is 0.150 e. The molecule has 21 heavy (non-hydrogen) atoms. The Morgan fingerprint density at radius 2 is 2.10 bits per heavy atom. The Kier molecular flexibility index (Phi) is 4.27. The highest BCUT2D eigenvalue weighted by molar-refractivity contribution is 5.75. The highest BCUT2D eigenvalue weighted by atomic mass is 16.5. The molecule has 1 aromatic carbocycles. The van der Waals surface area contributed by atoms with E-state index in [4.69, 9.17) is 4.74 Å². The molecule has 0 spiro atoms. The van der Waals surface area contributed by atoms with Crippen LogP contribution in [0, 0.1) is 0 Å². The van der Waals surface area contributed by atoms with Crippen LogP contribution in [0.1, 0.15) is 35.2 Å². The van der Waals surface area contributed by atoms with Crippen LogP contribution in [0.25, 0.3) is 0 Å². The Morgan fingerprint density at radius 3 is 2.86 bits per heavy atom. The van der Waals surface area contributed by atoms with E-state index in [9.17, 15) is 4.79 Å². The number of ether oxygens (including phenoxy) is 1. The number of fused-ring (bicyclic) bond motifs is 2. The van der Waals surface area contributed by atoms with Crippen molar-refractivity contribution in [2.45, 2.75) is 37.9 Å². The summed E-state index contributed by atoms with van der Waals surface area (Å²) in [7, 11) is 3.96. The topological polar surface area (TPSA) is 32.8 Å². The Hall–Kier alpha value is -1.39. The number of likely N-dealkylation sites (N-methyl/N-ethyl adjacent to an activating group) is 1. The third-order valence-corrected chi connectivity index (χ3v) is 5.07. The minimum atomic E-state index is 0.678. The van der Waals surface area contributed by atoms with Gasteiger partial charge in [0.15, 0.2) is 0 Å². The molecule has 114 valence electrons. The Morgan fingerprint density at radius 1 is 1.29 bits per heavy atom. The van der Waals surface area contributed by atoms with Crippen LogP contribution >= 0.6 is 0 Å². The lowest BCUT2D eigenvalue weighted by molar-refractivity contribution is 0.112. The van der Waals surface area contributed by atoms with Gasteiger partial charge in [0.1, 0.15) is 12.0 Å². The zero-order chi connectivity index (χ0) is 14.8. The number of hydrogen-bond acceptors (Lipinski definition) is 4. The fraction of sp³-hybridized carbons (Fsp3) is 0.588. The van der Waals surface area contributed by atoms with Crippen molar-refractivity contribution in [3.8, 4) is 5.75 Å². The monoisotopic (exact) mass is 288 g/mol. The molecule has 0 radical (unpaired) electrons. The molecule has 2 unspecified atom stereocenters. The molecule has 4 nitrogen and oxygen atoms in total. The van der Waals surface area contributed by atoms with E-state index in [-0.39, 0.29) is 0 Å². The van der Waals surface area contributed by atoms with E-state index in [1.54, 1.807) is 7.11 Å². The predicted octanol–water partition coefficient (Wildman–Crippen LogP) is 2.18. The molecule has 0 saturated carbocycles. The lowest BCUT2D eigenvalue weighted by atomic mass is 10.1. The lowest BCUT2D eigenvalue weighted by Gasteiger charge is -2.26. The molecule has 0 amide bonds. The molecule has 2 aliphatic heterocycles. The van der Waals surface area contributed by atoms with E-state index in [0.717, 1.165) is 48.8 Å². The minimum absolute atomic E-state index is 0.678. The number of aldehydes is 1. The highest BCUT2D eigenvalue weighted by Gasteiger charge is 2.34. The number of carbonyl (C=O) groups is 1. The fourth-order valence-corrected chi connectivity index (χ4v) is 3.76. The summed E-state index contributed by atoms with van der Waals surface area (Å²) in [5.41, 5.74) is 1.83. The zero-order valence-electron chi connectivity index (χ0n) is 12.9. The van der Waals surface area contributed by atoms with Gasteiger partial charge in [-0.1, -0.05) is 0 Å². The van der Waals surface area contributed by atoms with Gasteiger partial charge in [0.2, 0.25) is 0 Å². The van der Waals surface area contributed by atoms with Crippen LogP contribution in [0.2, 0.25) is 0 Å². The third kappa shape index (κ3) is 2.97. The second-order valence-corrected chi connectivity index (χ2v) is 6.26. The second-order valence-electron chi connectivity index (χ2n) is 6.26. The predicted molar refractivity (Wildman–Crippen MR) is 82.8 cm³/mol. The molecule has 2 bridgehead atoms. The molecule has 2 saturated heterocycles. The van der Waals surface area contributed by atoms with Gasteiger partial charge < -0.3 is 4.74 Å². The fourth-order valence-electron chi connectivity index (χ4n) is 3.76. The van der Waals surface area contributed by atoms with E-state index in [2.05, 4.69) is 16.8 Å². The summed E-state index contributed by atoms with van der Waals surface area (Å²) in [5.74, 6) is 0.878. The molecule has 4 heteroatoms. The summed E-state index contributed by atoms with van der Waals surface area (Å²) in [6, 6.07) is 7.10. The highest BCUT2D eigenvalue weighted by Crippen LogP contribution is 2.30. The van der Waals surface area contributed by atoms with Crippen LogP contribution in [0.15, 0.2) is 18.2 Å². The van der Waals surface area contributed by atoms with Crippen molar-refractivity contribution in [3.05, 3.63) is 29.3 Å². The molecular formula is C17H24N2O2. The van der Waals surface area contributed by atoms with Gasteiger partial charge in [-0.15, -0.1) is 0 Å². The molecular weight excluding hydrogens is 264 g/mol. The van der Waals surface area contributed by atoms with Crippen molar-refractivity contribution >= 4 is 6.29 Å². The van der Waals surface area contributed by atoms with E-state index < -0.39 is 0 Å². The summed E-state index contributed by atoms with van der Waals surface area (Å²) in [6.07, 6.45) is 4.80. The van der Waals surface area contributed by atoms with Crippen LogP contribution in [0.5, 0.6) is 5.75 Å². The van der Waals surface area contributed by atoms with Crippen LogP contribution in [-0.2, 0) is 6.54 Å². The molecule has 0 N–H and O–H groups in total. The first kappa shape index (κ1) is 14.5. The number of likely N-dealkylation sites (tertiary alicyclic amines) is 1. The van der Waals surface area contributed by atoms with Gasteiger partial charge in [-0.2, -0.15) is 0 Å². The van der Waals surface area contributed by atoms with E-state index >= 15 is 0 Å². The first-order chi connectivity index (χ1) is 10.2. The first-order valence-electron chi connectivity index (χ1n) is 7.77. The molecule has 2 fully saturated rings. The van der Waals surface area contributed by atoms with Gasteiger partial charge in [-0.25, -0.2) is 0 Å². The van der Waals surface area contributed by atoms with Crippen molar-refractivity contribution in [1.29, 1.82) is 0 Å². The van der Waals surface area contributed by atoms with Crippen LogP contribution in [-0.4, -0.2) is 55.4 Å². The average Bonchev–Trinajstić information content (AvgIpc) is 2.75. The third-order valence-electron chi connectivity index (χ3n) is 5.07. The Labute approximate surface area is 126 Å². The summed E-state index contributed by atoms with van der Waals surface area (Å²) in [4.78, 5) is 16.1. The van der Waals surface area contributed by atoms with Gasteiger partial charge in [0.25, 0.3) is 0 Å². The summed E-state index contributed by atoms with van der Waals surface area (Å²) in [5, 5.41) is 0. The smallest absolute Gasteiger partial charge is 0.150 e. The number of carbonyl (C=O) groups excluding carboxylic acids is 1. The van der Waals surface area contributed by atoms with Crippen molar-refractivity contribution < 1.29 is 9.53 Å². The van der Waals surface area contributed by atoms with Crippen molar-refractivity contribution in [3.63, 3.8) is 0 Å². The van der Waals surface area contributed by atoms with Gasteiger partial charge >= 0.3 is 0 Å². The van der Waals surface area contributed by atoms with E-state index in [0.29, 0.717) is 6.04 Å². The number of nitrogens with zero attached hydrogens (tertiary/aromatic N) is 2. The minimum Gasteiger partial charge on any atom is -0.496 e. The maximum absolute atomic E-state index is 11.0. The average molecular weight is 288 g/mol. The van der Waals surface area contributed by atoms with E-state index in [1.165, 1.54) is 19.3 Å². The van der Waals surface area contributed by atoms with Crippen LogP contribution in [0.4, 0.5) is 0 Å². The number of rotatable bonds is 4. The summed E-state index contributed by atoms with van der Waals surface area (Å²) >= 11 is 0.